The number of thioether (sulfide) groups is 1. The van der Waals surface area contributed by atoms with Crippen molar-refractivity contribution >= 4 is 34.7 Å². The van der Waals surface area contributed by atoms with Gasteiger partial charge >= 0.3 is 0 Å². The number of hydrogen-bond acceptors (Lipinski definition) is 4. The van der Waals surface area contributed by atoms with Crippen molar-refractivity contribution in [3.63, 3.8) is 0 Å². The highest BCUT2D eigenvalue weighted by molar-refractivity contribution is 8.00. The maximum Gasteiger partial charge on any atom is 0.239 e. The van der Waals surface area contributed by atoms with Crippen LogP contribution in [-0.4, -0.2) is 51.0 Å². The molecule has 0 aliphatic rings. The Balaban J connectivity index is 2.14. The summed E-state index contributed by atoms with van der Waals surface area (Å²) in [5.41, 5.74) is 2.00. The lowest BCUT2D eigenvalue weighted by atomic mass is 10.3. The van der Waals surface area contributed by atoms with Crippen LogP contribution in [0.25, 0.3) is 11.0 Å². The average Bonchev–Trinajstić information content (AvgIpc) is 3.00. The molecule has 0 aliphatic carbocycles. The molecule has 5 nitrogen and oxygen atoms in total. The maximum absolute atomic E-state index is 12.6. The van der Waals surface area contributed by atoms with Crippen LogP contribution < -0.4 is 5.32 Å². The minimum absolute atomic E-state index is 0.0329. The molecule has 2 aromatic rings. The molecule has 0 saturated heterocycles. The number of amides is 1. The molecule has 1 N–H and O–H groups in total. The van der Waals surface area contributed by atoms with Crippen LogP contribution >= 0.6 is 11.8 Å². The van der Waals surface area contributed by atoms with Gasteiger partial charge in [-0.15, -0.1) is 11.8 Å². The molecule has 2 rings (SSSR count). The molecule has 1 unspecified atom stereocenters. The monoisotopic (exact) mass is 376 g/mol. The van der Waals surface area contributed by atoms with Gasteiger partial charge in [-0.3, -0.25) is 10.1 Å². The lowest BCUT2D eigenvalue weighted by Crippen LogP contribution is -2.29. The fourth-order valence-corrected chi connectivity index (χ4v) is 3.89. The summed E-state index contributed by atoms with van der Waals surface area (Å²) in [7, 11) is 0. The molecule has 0 radical (unpaired) electrons. The molecule has 1 aromatic heterocycles. The molecule has 1 amide bonds. The highest BCUT2D eigenvalue weighted by atomic mass is 32.2. The number of benzene rings is 1. The minimum atomic E-state index is -0.0717. The number of unbranched alkanes of at least 4 members (excludes halogenated alkanes) is 1. The van der Waals surface area contributed by atoms with E-state index in [1.165, 1.54) is 0 Å². The van der Waals surface area contributed by atoms with Crippen LogP contribution in [0.5, 0.6) is 0 Å². The number of likely N-dealkylation sites (N-methyl/N-ethyl adjacent to an activating group) is 1. The van der Waals surface area contributed by atoms with Crippen molar-refractivity contribution in [1.29, 1.82) is 0 Å². The second kappa shape index (κ2) is 10.6. The molecule has 26 heavy (non-hydrogen) atoms. The maximum atomic E-state index is 12.6. The standard InChI is InChI=1S/C20H32N4OS/c1-5-8-15-26-16(4)19(25)22-20-21-17-11-9-10-12-18(17)24(20)14-13-23(6-2)7-3/h9-12,16H,5-8,13-15H2,1-4H3,(H,21,22,25). The van der Waals surface area contributed by atoms with E-state index < -0.39 is 0 Å². The Morgan fingerprint density at radius 2 is 2.00 bits per heavy atom. The van der Waals surface area contributed by atoms with E-state index in [-0.39, 0.29) is 11.2 Å². The van der Waals surface area contributed by atoms with Gasteiger partial charge in [0.1, 0.15) is 0 Å². The molecule has 1 aromatic carbocycles. The van der Waals surface area contributed by atoms with Crippen LogP contribution in [0, 0.1) is 0 Å². The third-order valence-corrected chi connectivity index (χ3v) is 5.90. The topological polar surface area (TPSA) is 50.2 Å². The zero-order chi connectivity index (χ0) is 18.9. The van der Waals surface area contributed by atoms with Crippen molar-refractivity contribution in [2.75, 3.05) is 30.7 Å². The number of imidazole rings is 1. The van der Waals surface area contributed by atoms with Gasteiger partial charge in [-0.2, -0.15) is 0 Å². The zero-order valence-electron chi connectivity index (χ0n) is 16.5. The summed E-state index contributed by atoms with van der Waals surface area (Å²) in [5.74, 6) is 1.71. The number of fused-ring (bicyclic) bond motifs is 1. The average molecular weight is 377 g/mol. The van der Waals surface area contributed by atoms with Gasteiger partial charge in [0.25, 0.3) is 0 Å². The van der Waals surface area contributed by atoms with E-state index in [4.69, 9.17) is 0 Å². The number of aromatic nitrogens is 2. The van der Waals surface area contributed by atoms with Crippen LogP contribution in [0.2, 0.25) is 0 Å². The van der Waals surface area contributed by atoms with Crippen molar-refractivity contribution in [1.82, 2.24) is 14.5 Å². The second-order valence-corrected chi connectivity index (χ2v) is 7.91. The number of carbonyl (C=O) groups is 1. The SMILES string of the molecule is CCCCSC(C)C(=O)Nc1nc2ccccc2n1CCN(CC)CC. The third-order valence-electron chi connectivity index (χ3n) is 4.66. The molecule has 0 aliphatic heterocycles. The van der Waals surface area contributed by atoms with Gasteiger partial charge in [-0.25, -0.2) is 4.98 Å². The van der Waals surface area contributed by atoms with Gasteiger partial charge in [0.15, 0.2) is 0 Å². The number of para-hydroxylation sites is 2. The highest BCUT2D eigenvalue weighted by Crippen LogP contribution is 2.21. The van der Waals surface area contributed by atoms with Crippen LogP contribution in [0.15, 0.2) is 24.3 Å². The number of hydrogen-bond donors (Lipinski definition) is 1. The molecule has 0 saturated carbocycles. The first-order chi connectivity index (χ1) is 12.6. The van der Waals surface area contributed by atoms with Crippen molar-refractivity contribution in [2.45, 2.75) is 52.3 Å². The van der Waals surface area contributed by atoms with Gasteiger partial charge in [-0.05, 0) is 44.3 Å². The molecule has 0 bridgehead atoms. The fraction of sp³-hybridized carbons (Fsp3) is 0.600. The van der Waals surface area contributed by atoms with Crippen molar-refractivity contribution in [3.8, 4) is 0 Å². The van der Waals surface area contributed by atoms with Crippen molar-refractivity contribution in [2.24, 2.45) is 0 Å². The highest BCUT2D eigenvalue weighted by Gasteiger charge is 2.18. The van der Waals surface area contributed by atoms with Crippen LogP contribution in [0.3, 0.4) is 0 Å². The summed E-state index contributed by atoms with van der Waals surface area (Å²) in [4.78, 5) is 19.6. The van der Waals surface area contributed by atoms with E-state index >= 15 is 0 Å². The number of nitrogens with zero attached hydrogens (tertiary/aromatic N) is 3. The first kappa shape index (κ1) is 20.8. The zero-order valence-corrected chi connectivity index (χ0v) is 17.3. The van der Waals surface area contributed by atoms with Crippen molar-refractivity contribution in [3.05, 3.63) is 24.3 Å². The summed E-state index contributed by atoms with van der Waals surface area (Å²) in [5, 5.41) is 2.99. The smallest absolute Gasteiger partial charge is 0.239 e. The summed E-state index contributed by atoms with van der Waals surface area (Å²) in [6.45, 7) is 12.3. The Hall–Kier alpha value is -1.53. The normalized spacial score (nSPS) is 12.7. The number of carbonyl (C=O) groups excluding carboxylic acids is 1. The fourth-order valence-electron chi connectivity index (χ4n) is 2.87. The molecular formula is C20H32N4OS. The molecule has 0 spiro atoms. The lowest BCUT2D eigenvalue weighted by molar-refractivity contribution is -0.115. The quantitative estimate of drug-likeness (QED) is 0.596. The molecular weight excluding hydrogens is 344 g/mol. The van der Waals surface area contributed by atoms with Gasteiger partial charge < -0.3 is 9.47 Å². The first-order valence-corrected chi connectivity index (χ1v) is 10.8. The van der Waals surface area contributed by atoms with Gasteiger partial charge in [0.05, 0.1) is 16.3 Å². The predicted molar refractivity (Wildman–Crippen MR) is 113 cm³/mol. The van der Waals surface area contributed by atoms with E-state index in [0.717, 1.165) is 55.8 Å². The largest absolute Gasteiger partial charge is 0.309 e. The second-order valence-electron chi connectivity index (χ2n) is 6.46. The number of rotatable bonds is 11. The van der Waals surface area contributed by atoms with Crippen LogP contribution in [0.1, 0.15) is 40.5 Å². The molecule has 0 fully saturated rings. The van der Waals surface area contributed by atoms with Gasteiger partial charge in [0.2, 0.25) is 11.9 Å². The van der Waals surface area contributed by atoms with E-state index in [9.17, 15) is 4.79 Å². The predicted octanol–water partition coefficient (Wildman–Crippen LogP) is 4.24. The van der Waals surface area contributed by atoms with Crippen molar-refractivity contribution < 1.29 is 4.79 Å². The first-order valence-electron chi connectivity index (χ1n) is 9.70. The van der Waals surface area contributed by atoms with Gasteiger partial charge in [-0.1, -0.05) is 39.3 Å². The Labute approximate surface area is 161 Å². The van der Waals surface area contributed by atoms with Gasteiger partial charge in [0, 0.05) is 13.1 Å². The Bertz CT molecular complexity index is 696. The summed E-state index contributed by atoms with van der Waals surface area (Å²) in [6, 6.07) is 8.07. The van der Waals surface area contributed by atoms with E-state index in [1.54, 1.807) is 11.8 Å². The van der Waals surface area contributed by atoms with Crippen LogP contribution in [0.4, 0.5) is 5.95 Å². The molecule has 1 atom stereocenters. The molecule has 144 valence electrons. The van der Waals surface area contributed by atoms with E-state index in [2.05, 4.69) is 46.6 Å². The molecule has 1 heterocycles. The Morgan fingerprint density at radius 1 is 1.27 bits per heavy atom. The number of anilines is 1. The Kier molecular flexibility index (Phi) is 8.45. The lowest BCUT2D eigenvalue weighted by Gasteiger charge is -2.19. The Morgan fingerprint density at radius 3 is 2.69 bits per heavy atom. The third kappa shape index (κ3) is 5.48. The summed E-state index contributed by atoms with van der Waals surface area (Å²) >= 11 is 1.71. The van der Waals surface area contributed by atoms with E-state index in [0.29, 0.717) is 5.95 Å². The minimum Gasteiger partial charge on any atom is -0.309 e. The summed E-state index contributed by atoms with van der Waals surface area (Å²) in [6.07, 6.45) is 2.30. The summed E-state index contributed by atoms with van der Waals surface area (Å²) < 4.78 is 2.13. The van der Waals surface area contributed by atoms with E-state index in [1.807, 2.05) is 25.1 Å². The van der Waals surface area contributed by atoms with Crippen LogP contribution in [-0.2, 0) is 11.3 Å². The molecule has 6 heteroatoms. The number of nitrogens with one attached hydrogen (secondary N) is 1.